The second kappa shape index (κ2) is 8.02. The van der Waals surface area contributed by atoms with Crippen LogP contribution < -0.4 is 10.2 Å². The van der Waals surface area contributed by atoms with Crippen LogP contribution >= 0.6 is 11.6 Å². The third-order valence-electron chi connectivity index (χ3n) is 4.12. The summed E-state index contributed by atoms with van der Waals surface area (Å²) in [6, 6.07) is 6.95. The first-order chi connectivity index (χ1) is 10.1. The van der Waals surface area contributed by atoms with Crippen molar-refractivity contribution in [3.63, 3.8) is 0 Å². The van der Waals surface area contributed by atoms with Gasteiger partial charge in [0.25, 0.3) is 0 Å². The van der Waals surface area contributed by atoms with E-state index in [4.69, 9.17) is 11.6 Å². The summed E-state index contributed by atoms with van der Waals surface area (Å²) in [6.07, 6.45) is 4.64. The van der Waals surface area contributed by atoms with E-state index in [-0.39, 0.29) is 12.6 Å². The summed E-state index contributed by atoms with van der Waals surface area (Å²) in [5, 5.41) is 13.8. The van der Waals surface area contributed by atoms with Gasteiger partial charge in [-0.3, -0.25) is 0 Å². The molecular formula is C17H27ClN2O. The van der Waals surface area contributed by atoms with Crippen molar-refractivity contribution in [3.05, 3.63) is 28.8 Å². The molecule has 1 fully saturated rings. The summed E-state index contributed by atoms with van der Waals surface area (Å²) in [4.78, 5) is 2.29. The zero-order chi connectivity index (χ0) is 15.2. The Balaban J connectivity index is 2.14. The lowest BCUT2D eigenvalue weighted by molar-refractivity contribution is 0.255. The van der Waals surface area contributed by atoms with E-state index >= 15 is 0 Å². The molecule has 2 N–H and O–H groups in total. The predicted octanol–water partition coefficient (Wildman–Crippen LogP) is 3.58. The quantitative estimate of drug-likeness (QED) is 0.872. The number of halogens is 1. The second-order valence-electron chi connectivity index (χ2n) is 6.20. The minimum Gasteiger partial charge on any atom is -0.394 e. The molecule has 1 unspecified atom stereocenters. The molecule has 0 amide bonds. The predicted molar refractivity (Wildman–Crippen MR) is 90.1 cm³/mol. The normalized spacial score (nSPS) is 19.9. The highest BCUT2D eigenvalue weighted by Gasteiger charge is 2.22. The van der Waals surface area contributed by atoms with Crippen molar-refractivity contribution in [1.29, 1.82) is 0 Å². The minimum atomic E-state index is 0.199. The van der Waals surface area contributed by atoms with Gasteiger partial charge in [0.1, 0.15) is 0 Å². The summed E-state index contributed by atoms with van der Waals surface area (Å²) in [5.74, 6) is 0. The van der Waals surface area contributed by atoms with Crippen molar-refractivity contribution in [3.8, 4) is 0 Å². The van der Waals surface area contributed by atoms with Gasteiger partial charge in [0.05, 0.1) is 23.4 Å². The van der Waals surface area contributed by atoms with E-state index < -0.39 is 0 Å². The average molecular weight is 311 g/mol. The van der Waals surface area contributed by atoms with Crippen molar-refractivity contribution >= 4 is 17.3 Å². The van der Waals surface area contributed by atoms with E-state index in [1.165, 1.54) is 24.8 Å². The number of benzene rings is 1. The first-order valence-corrected chi connectivity index (χ1v) is 8.39. The van der Waals surface area contributed by atoms with Gasteiger partial charge in [0.15, 0.2) is 0 Å². The Bertz CT molecular complexity index is 450. The zero-order valence-electron chi connectivity index (χ0n) is 13.1. The molecule has 0 aromatic heterocycles. The highest BCUT2D eigenvalue weighted by atomic mass is 35.5. The molecule has 0 aliphatic carbocycles. The molecule has 0 saturated carbocycles. The zero-order valence-corrected chi connectivity index (χ0v) is 13.9. The number of nitrogens with zero attached hydrogens (tertiary/aromatic N) is 1. The maximum Gasteiger partial charge on any atom is 0.0642 e. The summed E-state index contributed by atoms with van der Waals surface area (Å²) < 4.78 is 0. The van der Waals surface area contributed by atoms with E-state index in [0.717, 1.165) is 30.2 Å². The molecule has 21 heavy (non-hydrogen) atoms. The number of rotatable bonds is 5. The SMILES string of the molecule is CC(C)NCc1ccc(N2CCCCCC2CO)c(Cl)c1. The number of aliphatic hydroxyl groups is 1. The number of hydrogen-bond donors (Lipinski definition) is 2. The third kappa shape index (κ3) is 4.60. The van der Waals surface area contributed by atoms with Crippen LogP contribution in [0.4, 0.5) is 5.69 Å². The van der Waals surface area contributed by atoms with Gasteiger partial charge in [0.2, 0.25) is 0 Å². The molecule has 1 saturated heterocycles. The Hall–Kier alpha value is -0.770. The van der Waals surface area contributed by atoms with E-state index in [9.17, 15) is 5.11 Å². The molecule has 4 heteroatoms. The molecule has 1 aromatic carbocycles. The number of aliphatic hydroxyl groups excluding tert-OH is 1. The van der Waals surface area contributed by atoms with Crippen LogP contribution in [0, 0.1) is 0 Å². The smallest absolute Gasteiger partial charge is 0.0642 e. The van der Waals surface area contributed by atoms with Crippen LogP contribution in [0.25, 0.3) is 0 Å². The van der Waals surface area contributed by atoms with Crippen molar-refractivity contribution in [2.45, 2.75) is 58.2 Å². The summed E-state index contributed by atoms with van der Waals surface area (Å²) in [7, 11) is 0. The largest absolute Gasteiger partial charge is 0.394 e. The van der Waals surface area contributed by atoms with Gasteiger partial charge in [-0.2, -0.15) is 0 Å². The molecule has 0 bridgehead atoms. The van der Waals surface area contributed by atoms with Crippen molar-refractivity contribution in [2.24, 2.45) is 0 Å². The first-order valence-electron chi connectivity index (χ1n) is 8.01. The molecule has 1 heterocycles. The van der Waals surface area contributed by atoms with Crippen LogP contribution in [0.15, 0.2) is 18.2 Å². The number of hydrogen-bond acceptors (Lipinski definition) is 3. The topological polar surface area (TPSA) is 35.5 Å². The lowest BCUT2D eigenvalue weighted by atomic mass is 10.1. The summed E-state index contributed by atoms with van der Waals surface area (Å²) >= 11 is 6.50. The third-order valence-corrected chi connectivity index (χ3v) is 4.43. The van der Waals surface area contributed by atoms with Crippen molar-refractivity contribution in [1.82, 2.24) is 5.32 Å². The van der Waals surface area contributed by atoms with Crippen molar-refractivity contribution < 1.29 is 5.11 Å². The van der Waals surface area contributed by atoms with Crippen LogP contribution in [-0.2, 0) is 6.54 Å². The first kappa shape index (κ1) is 16.6. The number of anilines is 1. The second-order valence-corrected chi connectivity index (χ2v) is 6.61. The van der Waals surface area contributed by atoms with E-state index in [1.54, 1.807) is 0 Å². The van der Waals surface area contributed by atoms with Gasteiger partial charge < -0.3 is 15.3 Å². The molecule has 1 aliphatic rings. The molecule has 1 aliphatic heterocycles. The molecule has 0 spiro atoms. The van der Waals surface area contributed by atoms with Crippen molar-refractivity contribution in [2.75, 3.05) is 18.1 Å². The van der Waals surface area contributed by atoms with Gasteiger partial charge in [0, 0.05) is 19.1 Å². The van der Waals surface area contributed by atoms with E-state index in [2.05, 4.69) is 36.2 Å². The molecule has 3 nitrogen and oxygen atoms in total. The Morgan fingerprint density at radius 3 is 2.81 bits per heavy atom. The maximum absolute atomic E-state index is 9.64. The Kier molecular flexibility index (Phi) is 6.34. The molecule has 1 aromatic rings. The van der Waals surface area contributed by atoms with Crippen LogP contribution in [0.3, 0.4) is 0 Å². The van der Waals surface area contributed by atoms with E-state index in [0.29, 0.717) is 6.04 Å². The molecule has 1 atom stereocenters. The van der Waals surface area contributed by atoms with Crippen LogP contribution in [0.2, 0.25) is 5.02 Å². The fourth-order valence-corrected chi connectivity index (χ4v) is 3.21. The Labute approximate surface area is 133 Å². The highest BCUT2D eigenvalue weighted by Crippen LogP contribution is 2.31. The van der Waals surface area contributed by atoms with Gasteiger partial charge in [-0.1, -0.05) is 44.4 Å². The van der Waals surface area contributed by atoms with Gasteiger partial charge >= 0.3 is 0 Å². The molecule has 2 rings (SSSR count). The standard InChI is InChI=1S/C17H27ClN2O/c1-13(2)19-11-14-7-8-17(16(18)10-14)20-9-5-3-4-6-15(20)12-21/h7-8,10,13,15,19,21H,3-6,9,11-12H2,1-2H3. The highest BCUT2D eigenvalue weighted by molar-refractivity contribution is 6.33. The maximum atomic E-state index is 9.64. The summed E-state index contributed by atoms with van der Waals surface area (Å²) in [5.41, 5.74) is 2.26. The van der Waals surface area contributed by atoms with Gasteiger partial charge in [-0.15, -0.1) is 0 Å². The van der Waals surface area contributed by atoms with Gasteiger partial charge in [-0.05, 0) is 30.5 Å². The number of nitrogens with one attached hydrogen (secondary N) is 1. The average Bonchev–Trinajstić information content (AvgIpc) is 2.70. The Morgan fingerprint density at radius 2 is 2.14 bits per heavy atom. The lowest BCUT2D eigenvalue weighted by Crippen LogP contribution is -2.37. The van der Waals surface area contributed by atoms with Crippen LogP contribution in [0.5, 0.6) is 0 Å². The molecule has 0 radical (unpaired) electrons. The minimum absolute atomic E-state index is 0.199. The van der Waals surface area contributed by atoms with Crippen LogP contribution in [0.1, 0.15) is 45.1 Å². The van der Waals surface area contributed by atoms with E-state index in [1.807, 2.05) is 6.07 Å². The van der Waals surface area contributed by atoms with Crippen LogP contribution in [-0.4, -0.2) is 30.3 Å². The Morgan fingerprint density at radius 1 is 1.33 bits per heavy atom. The lowest BCUT2D eigenvalue weighted by Gasteiger charge is -2.31. The molecular weight excluding hydrogens is 284 g/mol. The van der Waals surface area contributed by atoms with Gasteiger partial charge in [-0.25, -0.2) is 0 Å². The monoisotopic (exact) mass is 310 g/mol. The summed E-state index contributed by atoms with van der Waals surface area (Å²) in [6.45, 7) is 6.29. The fourth-order valence-electron chi connectivity index (χ4n) is 2.90. The fraction of sp³-hybridized carbons (Fsp3) is 0.647. The molecule has 118 valence electrons.